The van der Waals surface area contributed by atoms with Crippen LogP contribution in [0, 0.1) is 0 Å². The molecule has 2 N–H and O–H groups in total. The number of hydrogen-bond acceptors (Lipinski definition) is 6. The second-order valence-electron chi connectivity index (χ2n) is 8.21. The minimum atomic E-state index is -0.862. The molecule has 1 heterocycles. The molecule has 3 rings (SSSR count). The number of hydrogen-bond donors (Lipinski definition) is 1. The predicted octanol–water partition coefficient (Wildman–Crippen LogP) is 3.95. The molecule has 1 aromatic heterocycles. The van der Waals surface area contributed by atoms with Crippen LogP contribution in [0.4, 0.5) is 0 Å². The third kappa shape index (κ3) is 5.72. The van der Waals surface area contributed by atoms with Crippen molar-refractivity contribution in [2.75, 3.05) is 6.61 Å². The highest BCUT2D eigenvalue weighted by atomic mass is 16.5. The van der Waals surface area contributed by atoms with Crippen molar-refractivity contribution in [3.63, 3.8) is 0 Å². The summed E-state index contributed by atoms with van der Waals surface area (Å²) in [5.74, 6) is -0.298. The van der Waals surface area contributed by atoms with E-state index in [1.54, 1.807) is 12.1 Å². The molecule has 0 saturated heterocycles. The van der Waals surface area contributed by atoms with Crippen LogP contribution < -0.4 is 20.8 Å². The second-order valence-corrected chi connectivity index (χ2v) is 8.21. The van der Waals surface area contributed by atoms with Crippen molar-refractivity contribution in [2.24, 2.45) is 5.73 Å². The molecular formula is C24H25NO6. The van der Waals surface area contributed by atoms with Crippen LogP contribution in [0.1, 0.15) is 49.5 Å². The number of fused-ring (bicyclic) bond motifs is 1. The average Bonchev–Trinajstić information content (AvgIpc) is 2.70. The summed E-state index contributed by atoms with van der Waals surface area (Å²) in [5.41, 5.74) is 5.57. The van der Waals surface area contributed by atoms with E-state index in [1.165, 1.54) is 17.7 Å². The summed E-state index contributed by atoms with van der Waals surface area (Å²) in [7, 11) is 0. The quantitative estimate of drug-likeness (QED) is 0.267. The first-order valence-corrected chi connectivity index (χ1v) is 9.95. The van der Waals surface area contributed by atoms with Gasteiger partial charge in [0.25, 0.3) is 5.91 Å². The number of amides is 1. The van der Waals surface area contributed by atoms with E-state index in [1.807, 2.05) is 24.3 Å². The fourth-order valence-corrected chi connectivity index (χ4v) is 2.97. The van der Waals surface area contributed by atoms with E-state index >= 15 is 0 Å². The smallest absolute Gasteiger partial charge is 0.349 e. The molecular weight excluding hydrogens is 398 g/mol. The van der Waals surface area contributed by atoms with Gasteiger partial charge >= 0.3 is 11.6 Å². The van der Waals surface area contributed by atoms with Gasteiger partial charge in [-0.1, -0.05) is 32.9 Å². The SMILES string of the molecule is CC(C)(C)c1ccc(OCCCC(=O)Oc2ccc3cc(C(N)=O)c(=O)oc3c2)cc1. The van der Waals surface area contributed by atoms with Gasteiger partial charge in [-0.25, -0.2) is 4.79 Å². The number of carbonyl (C=O) groups is 2. The van der Waals surface area contributed by atoms with Crippen LogP contribution in [0.25, 0.3) is 11.0 Å². The molecule has 0 spiro atoms. The highest BCUT2D eigenvalue weighted by Gasteiger charge is 2.14. The largest absolute Gasteiger partial charge is 0.494 e. The Hall–Kier alpha value is -3.61. The molecule has 0 radical (unpaired) electrons. The number of primary amides is 1. The summed E-state index contributed by atoms with van der Waals surface area (Å²) in [5, 5.41) is 0.499. The van der Waals surface area contributed by atoms with Crippen LogP contribution in [0.2, 0.25) is 0 Å². The van der Waals surface area contributed by atoms with Crippen molar-refractivity contribution >= 4 is 22.8 Å². The van der Waals surface area contributed by atoms with Crippen molar-refractivity contribution < 1.29 is 23.5 Å². The summed E-state index contributed by atoms with van der Waals surface area (Å²) in [4.78, 5) is 35.1. The van der Waals surface area contributed by atoms with Crippen molar-refractivity contribution in [1.29, 1.82) is 0 Å². The molecule has 2 aromatic carbocycles. The Bertz CT molecular complexity index is 1160. The Morgan fingerprint density at radius 2 is 1.68 bits per heavy atom. The fourth-order valence-electron chi connectivity index (χ4n) is 2.97. The predicted molar refractivity (Wildman–Crippen MR) is 117 cm³/mol. The van der Waals surface area contributed by atoms with Gasteiger partial charge in [0.15, 0.2) is 0 Å². The van der Waals surface area contributed by atoms with Crippen molar-refractivity contribution in [1.82, 2.24) is 0 Å². The van der Waals surface area contributed by atoms with Crippen LogP contribution in [0.5, 0.6) is 11.5 Å². The first-order chi connectivity index (χ1) is 14.6. The lowest BCUT2D eigenvalue weighted by Gasteiger charge is -2.19. The lowest BCUT2D eigenvalue weighted by Crippen LogP contribution is -2.20. The summed E-state index contributed by atoms with van der Waals surface area (Å²) in [6.45, 7) is 6.83. The van der Waals surface area contributed by atoms with Gasteiger partial charge in [0.1, 0.15) is 22.6 Å². The van der Waals surface area contributed by atoms with E-state index in [9.17, 15) is 14.4 Å². The van der Waals surface area contributed by atoms with Gasteiger partial charge in [0, 0.05) is 17.9 Å². The second kappa shape index (κ2) is 9.04. The zero-order valence-electron chi connectivity index (χ0n) is 17.8. The van der Waals surface area contributed by atoms with E-state index in [0.717, 1.165) is 5.75 Å². The van der Waals surface area contributed by atoms with E-state index in [-0.39, 0.29) is 28.7 Å². The number of rotatable bonds is 7. The number of nitrogens with two attached hydrogens (primary N) is 1. The Kier molecular flexibility index (Phi) is 6.44. The van der Waals surface area contributed by atoms with Crippen LogP contribution in [0.15, 0.2) is 57.7 Å². The highest BCUT2D eigenvalue weighted by molar-refractivity contribution is 5.95. The molecule has 0 atom stereocenters. The lowest BCUT2D eigenvalue weighted by molar-refractivity contribution is -0.134. The normalized spacial score (nSPS) is 11.3. The third-order valence-electron chi connectivity index (χ3n) is 4.72. The molecule has 0 bridgehead atoms. The summed E-state index contributed by atoms with van der Waals surface area (Å²) in [6.07, 6.45) is 0.660. The molecule has 7 nitrogen and oxygen atoms in total. The van der Waals surface area contributed by atoms with Crippen molar-refractivity contribution in [3.05, 3.63) is 70.1 Å². The molecule has 1 amide bonds. The molecule has 162 valence electrons. The van der Waals surface area contributed by atoms with E-state index in [4.69, 9.17) is 19.6 Å². The highest BCUT2D eigenvalue weighted by Crippen LogP contribution is 2.24. The van der Waals surface area contributed by atoms with E-state index < -0.39 is 17.5 Å². The molecule has 0 unspecified atom stereocenters. The lowest BCUT2D eigenvalue weighted by atomic mass is 9.87. The summed E-state index contributed by atoms with van der Waals surface area (Å²) in [6, 6.07) is 13.8. The van der Waals surface area contributed by atoms with Crippen LogP contribution >= 0.6 is 0 Å². The van der Waals surface area contributed by atoms with Gasteiger partial charge in [-0.2, -0.15) is 0 Å². The number of benzene rings is 2. The topological polar surface area (TPSA) is 109 Å². The van der Waals surface area contributed by atoms with Gasteiger partial charge in [0.2, 0.25) is 0 Å². The zero-order valence-corrected chi connectivity index (χ0v) is 17.8. The average molecular weight is 423 g/mol. The first-order valence-electron chi connectivity index (χ1n) is 9.95. The third-order valence-corrected chi connectivity index (χ3v) is 4.72. The fraction of sp³-hybridized carbons (Fsp3) is 0.292. The minimum absolute atomic E-state index is 0.0811. The Labute approximate surface area is 179 Å². The maximum atomic E-state index is 12.1. The number of carbonyl (C=O) groups excluding carboxylic acids is 2. The summed E-state index contributed by atoms with van der Waals surface area (Å²) < 4.78 is 16.1. The van der Waals surface area contributed by atoms with Crippen LogP contribution in [-0.2, 0) is 10.2 Å². The Balaban J connectivity index is 1.51. The van der Waals surface area contributed by atoms with Crippen LogP contribution in [-0.4, -0.2) is 18.5 Å². The van der Waals surface area contributed by atoms with Crippen LogP contribution in [0.3, 0.4) is 0 Å². The Morgan fingerprint density at radius 1 is 1.00 bits per heavy atom. The van der Waals surface area contributed by atoms with Gasteiger partial charge < -0.3 is 19.6 Å². The molecule has 0 saturated carbocycles. The van der Waals surface area contributed by atoms with E-state index in [2.05, 4.69) is 20.8 Å². The summed E-state index contributed by atoms with van der Waals surface area (Å²) >= 11 is 0. The van der Waals surface area contributed by atoms with Crippen molar-refractivity contribution in [2.45, 2.75) is 39.0 Å². The number of ether oxygens (including phenoxy) is 2. The monoisotopic (exact) mass is 423 g/mol. The van der Waals surface area contributed by atoms with Crippen molar-refractivity contribution in [3.8, 4) is 11.5 Å². The maximum Gasteiger partial charge on any atom is 0.349 e. The molecule has 0 fully saturated rings. The van der Waals surface area contributed by atoms with Gasteiger partial charge in [-0.3, -0.25) is 9.59 Å². The molecule has 0 aliphatic carbocycles. The molecule has 0 aliphatic heterocycles. The molecule has 0 aliphatic rings. The van der Waals surface area contributed by atoms with Gasteiger partial charge in [-0.15, -0.1) is 0 Å². The molecule has 7 heteroatoms. The van der Waals surface area contributed by atoms with E-state index in [0.29, 0.717) is 18.4 Å². The Morgan fingerprint density at radius 3 is 2.32 bits per heavy atom. The standard InChI is InChI=1S/C24H25NO6/c1-24(2,3)16-7-10-17(11-8-16)29-12-4-5-21(26)30-18-9-6-15-13-19(22(25)27)23(28)31-20(15)14-18/h6-11,13-14H,4-5,12H2,1-3H3,(H2,25,27). The first kappa shape index (κ1) is 22.1. The van der Waals surface area contributed by atoms with Gasteiger partial charge in [0.05, 0.1) is 6.61 Å². The number of esters is 1. The molecule has 3 aromatic rings. The molecule has 31 heavy (non-hydrogen) atoms. The zero-order chi connectivity index (χ0) is 22.6. The van der Waals surface area contributed by atoms with Gasteiger partial charge in [-0.05, 0) is 47.7 Å². The minimum Gasteiger partial charge on any atom is -0.494 e. The maximum absolute atomic E-state index is 12.1.